The van der Waals surface area contributed by atoms with Crippen LogP contribution in [0.15, 0.2) is 42.6 Å². The largest absolute Gasteiger partial charge is 0.496 e. The van der Waals surface area contributed by atoms with Crippen molar-refractivity contribution in [3.8, 4) is 11.8 Å². The van der Waals surface area contributed by atoms with Crippen molar-refractivity contribution < 1.29 is 14.6 Å². The summed E-state index contributed by atoms with van der Waals surface area (Å²) in [7, 11) is 1.72. The first kappa shape index (κ1) is 21.5. The molecule has 2 fully saturated rings. The van der Waals surface area contributed by atoms with Gasteiger partial charge in [0, 0.05) is 41.2 Å². The van der Waals surface area contributed by atoms with Crippen molar-refractivity contribution in [3.05, 3.63) is 64.8 Å². The van der Waals surface area contributed by atoms with E-state index in [0.717, 1.165) is 61.2 Å². The van der Waals surface area contributed by atoms with Gasteiger partial charge in [-0.15, -0.1) is 0 Å². The van der Waals surface area contributed by atoms with Crippen molar-refractivity contribution in [1.29, 1.82) is 5.26 Å². The molecule has 2 aromatic carbocycles. The molecule has 6 nitrogen and oxygen atoms in total. The Balaban J connectivity index is 1.50. The molecule has 1 aromatic heterocycles. The average molecular weight is 444 g/mol. The molecule has 1 saturated heterocycles. The maximum Gasteiger partial charge on any atom is 0.335 e. The Morgan fingerprint density at radius 2 is 2.03 bits per heavy atom. The first-order valence-electron chi connectivity index (χ1n) is 11.5. The molecule has 6 heteroatoms. The monoisotopic (exact) mass is 443 g/mol. The van der Waals surface area contributed by atoms with Crippen LogP contribution in [0.2, 0.25) is 0 Å². The fourth-order valence-corrected chi connectivity index (χ4v) is 5.98. The zero-order valence-electron chi connectivity index (χ0n) is 19.1. The van der Waals surface area contributed by atoms with Crippen LogP contribution in [0.1, 0.15) is 58.8 Å². The minimum absolute atomic E-state index is 0.168. The highest BCUT2D eigenvalue weighted by Crippen LogP contribution is 2.56. The second-order valence-corrected chi connectivity index (χ2v) is 9.74. The van der Waals surface area contributed by atoms with Gasteiger partial charge < -0.3 is 14.8 Å². The number of hydrogen-bond donors (Lipinski definition) is 2. The number of aromatic nitrogens is 1. The number of piperidine rings is 1. The number of carboxylic acid groups (broad SMARTS) is 1. The zero-order valence-corrected chi connectivity index (χ0v) is 19.1. The minimum Gasteiger partial charge on any atom is -0.496 e. The number of aromatic carboxylic acids is 1. The van der Waals surface area contributed by atoms with E-state index in [1.165, 1.54) is 10.9 Å². The molecule has 2 N–H and O–H groups in total. The fourth-order valence-electron chi connectivity index (χ4n) is 5.98. The molecule has 2 heterocycles. The molecule has 3 aromatic rings. The zero-order chi connectivity index (χ0) is 23.2. The number of carbonyl (C=O) groups is 1. The summed E-state index contributed by atoms with van der Waals surface area (Å²) in [5.41, 5.74) is 5.12. The van der Waals surface area contributed by atoms with E-state index >= 15 is 0 Å². The number of methoxy groups -OCH3 is 1. The van der Waals surface area contributed by atoms with Gasteiger partial charge in [-0.1, -0.05) is 12.1 Å². The Morgan fingerprint density at radius 1 is 1.27 bits per heavy atom. The molecule has 170 valence electrons. The molecule has 1 spiro atoms. The van der Waals surface area contributed by atoms with Crippen molar-refractivity contribution in [1.82, 2.24) is 9.88 Å². The highest BCUT2D eigenvalue weighted by atomic mass is 16.5. The van der Waals surface area contributed by atoms with Crippen LogP contribution in [0.5, 0.6) is 5.75 Å². The maximum absolute atomic E-state index is 11.4. The third-order valence-corrected chi connectivity index (χ3v) is 7.77. The van der Waals surface area contributed by atoms with E-state index in [2.05, 4.69) is 35.0 Å². The van der Waals surface area contributed by atoms with Crippen molar-refractivity contribution in [2.24, 2.45) is 11.3 Å². The van der Waals surface area contributed by atoms with Crippen molar-refractivity contribution in [2.45, 2.75) is 45.2 Å². The highest BCUT2D eigenvalue weighted by Gasteiger charge is 2.49. The molecular weight excluding hydrogens is 414 g/mol. The lowest BCUT2D eigenvalue weighted by molar-refractivity contribution is -0.0298. The quantitative estimate of drug-likeness (QED) is 0.548. The number of ether oxygens (including phenoxy) is 1. The second-order valence-electron chi connectivity index (χ2n) is 9.74. The lowest BCUT2D eigenvalue weighted by atomic mass is 9.56. The Labute approximate surface area is 193 Å². The molecular formula is C27H29N3O3. The number of nitriles is 1. The first-order chi connectivity index (χ1) is 15.9. The van der Waals surface area contributed by atoms with Gasteiger partial charge in [0.1, 0.15) is 5.75 Å². The molecule has 0 bridgehead atoms. The number of aromatic amines is 1. The predicted molar refractivity (Wildman–Crippen MR) is 126 cm³/mol. The summed E-state index contributed by atoms with van der Waals surface area (Å²) in [6.45, 7) is 3.78. The summed E-state index contributed by atoms with van der Waals surface area (Å²) < 4.78 is 5.79. The average Bonchev–Trinajstić information content (AvgIpc) is 3.30. The van der Waals surface area contributed by atoms with E-state index in [-0.39, 0.29) is 17.4 Å². The van der Waals surface area contributed by atoms with Crippen LogP contribution in [0, 0.1) is 29.6 Å². The molecule has 33 heavy (non-hydrogen) atoms. The van der Waals surface area contributed by atoms with Gasteiger partial charge in [0.25, 0.3) is 0 Å². The third kappa shape index (κ3) is 3.77. The van der Waals surface area contributed by atoms with Crippen molar-refractivity contribution in [3.63, 3.8) is 0 Å². The van der Waals surface area contributed by atoms with Crippen LogP contribution >= 0.6 is 0 Å². The maximum atomic E-state index is 11.4. The van der Waals surface area contributed by atoms with Gasteiger partial charge in [-0.2, -0.15) is 5.26 Å². The number of nitrogens with zero attached hydrogens (tertiary/aromatic N) is 2. The number of nitrogens with one attached hydrogen (secondary N) is 1. The molecule has 0 amide bonds. The summed E-state index contributed by atoms with van der Waals surface area (Å²) >= 11 is 0. The number of carboxylic acids is 1. The minimum atomic E-state index is -0.909. The van der Waals surface area contributed by atoms with Crippen LogP contribution in [-0.2, 0) is 6.54 Å². The number of benzene rings is 2. The molecule has 1 aliphatic carbocycles. The van der Waals surface area contributed by atoms with Crippen molar-refractivity contribution >= 4 is 16.9 Å². The summed E-state index contributed by atoms with van der Waals surface area (Å²) in [5.74, 6) is 0.157. The van der Waals surface area contributed by atoms with Gasteiger partial charge in [0.15, 0.2) is 0 Å². The Morgan fingerprint density at radius 3 is 2.70 bits per heavy atom. The molecule has 2 aliphatic rings. The predicted octanol–water partition coefficient (Wildman–Crippen LogP) is 5.44. The number of rotatable bonds is 5. The molecule has 1 atom stereocenters. The van der Waals surface area contributed by atoms with E-state index < -0.39 is 5.97 Å². The number of likely N-dealkylation sites (tertiary alicyclic amines) is 1. The van der Waals surface area contributed by atoms with Gasteiger partial charge in [-0.05, 0) is 80.0 Å². The summed E-state index contributed by atoms with van der Waals surface area (Å²) in [5, 5.41) is 19.8. The van der Waals surface area contributed by atoms with E-state index in [4.69, 9.17) is 4.74 Å². The van der Waals surface area contributed by atoms with Crippen LogP contribution in [0.3, 0.4) is 0 Å². The molecule has 0 radical (unpaired) electrons. The van der Waals surface area contributed by atoms with Gasteiger partial charge in [-0.3, -0.25) is 4.90 Å². The van der Waals surface area contributed by atoms with E-state index in [1.807, 2.05) is 18.3 Å². The summed E-state index contributed by atoms with van der Waals surface area (Å²) in [6.07, 6.45) is 5.99. The molecule has 1 aliphatic heterocycles. The lowest BCUT2D eigenvalue weighted by Gasteiger charge is -2.53. The summed E-state index contributed by atoms with van der Waals surface area (Å²) in [4.78, 5) is 17.2. The summed E-state index contributed by atoms with van der Waals surface area (Å²) in [6, 6.07) is 14.1. The number of aryl methyl sites for hydroxylation is 1. The van der Waals surface area contributed by atoms with Crippen LogP contribution < -0.4 is 4.74 Å². The van der Waals surface area contributed by atoms with Gasteiger partial charge in [-0.25, -0.2) is 4.79 Å². The van der Waals surface area contributed by atoms with Gasteiger partial charge in [0.05, 0.1) is 18.7 Å². The Bertz CT molecular complexity index is 1230. The second kappa shape index (κ2) is 8.24. The van der Waals surface area contributed by atoms with Crippen LogP contribution in [-0.4, -0.2) is 34.6 Å². The van der Waals surface area contributed by atoms with Gasteiger partial charge >= 0.3 is 5.97 Å². The fraction of sp³-hybridized carbons (Fsp3) is 0.407. The van der Waals surface area contributed by atoms with E-state index in [1.54, 1.807) is 19.2 Å². The Hall–Kier alpha value is -3.30. The standard InChI is InChI=1S/C27H29N3O3/c1-17-11-24(33-2)22(21-7-9-29-25(17)21)16-30-10-8-27(12-18(13-27)15-28)14-23(30)19-3-5-20(6-4-19)26(31)32/h3-7,9,11,18,23,29H,8,10,12-14,16H2,1-2H3,(H,31,32)/t18?,23-,27?/m1/s1. The van der Waals surface area contributed by atoms with E-state index in [0.29, 0.717) is 5.56 Å². The number of hydrogen-bond acceptors (Lipinski definition) is 4. The normalized spacial score (nSPS) is 25.0. The Kier molecular flexibility index (Phi) is 5.38. The highest BCUT2D eigenvalue weighted by molar-refractivity contribution is 5.88. The topological polar surface area (TPSA) is 89.4 Å². The first-order valence-corrected chi connectivity index (χ1v) is 11.5. The SMILES string of the molecule is COc1cc(C)c2[nH]ccc2c1CN1CCC2(CC(C#N)C2)C[C@@H]1c1ccc(C(=O)O)cc1. The number of H-pyrrole nitrogens is 1. The molecule has 1 saturated carbocycles. The third-order valence-electron chi connectivity index (χ3n) is 7.77. The molecule has 5 rings (SSSR count). The van der Waals surface area contributed by atoms with E-state index in [9.17, 15) is 15.2 Å². The smallest absolute Gasteiger partial charge is 0.335 e. The van der Waals surface area contributed by atoms with Crippen LogP contribution in [0.4, 0.5) is 0 Å². The van der Waals surface area contributed by atoms with Crippen molar-refractivity contribution in [2.75, 3.05) is 13.7 Å². The molecule has 0 unspecified atom stereocenters. The lowest BCUT2D eigenvalue weighted by Crippen LogP contribution is -2.48. The van der Waals surface area contributed by atoms with Gasteiger partial charge in [0.2, 0.25) is 0 Å². The van der Waals surface area contributed by atoms with Crippen LogP contribution in [0.25, 0.3) is 10.9 Å². The number of fused-ring (bicyclic) bond motifs is 1.